The fourth-order valence-electron chi connectivity index (χ4n) is 3.67. The molecule has 3 aromatic rings. The lowest BCUT2D eigenvalue weighted by atomic mass is 10.1. The average Bonchev–Trinajstić information content (AvgIpc) is 3.20. The fraction of sp³-hybridized carbons (Fsp3) is 0.217. The van der Waals surface area contributed by atoms with E-state index in [4.69, 9.17) is 4.98 Å². The number of rotatable bonds is 4. The zero-order valence-corrected chi connectivity index (χ0v) is 15.3. The highest BCUT2D eigenvalue weighted by Crippen LogP contribution is 2.32. The molecule has 0 radical (unpaired) electrons. The number of likely N-dealkylation sites (tertiary alicyclic amines) is 1. The van der Waals surface area contributed by atoms with Crippen LogP contribution in [0.25, 0.3) is 0 Å². The molecule has 28 heavy (non-hydrogen) atoms. The van der Waals surface area contributed by atoms with E-state index >= 15 is 0 Å². The predicted molar refractivity (Wildman–Crippen MR) is 103 cm³/mol. The summed E-state index contributed by atoms with van der Waals surface area (Å²) in [6, 6.07) is 17.8. The van der Waals surface area contributed by atoms with Crippen molar-refractivity contribution in [1.29, 1.82) is 0 Å². The molecule has 0 spiro atoms. The first-order chi connectivity index (χ1) is 13.6. The summed E-state index contributed by atoms with van der Waals surface area (Å²) in [5.74, 6) is -0.718. The number of amides is 1. The smallest absolute Gasteiger partial charge is 0.254 e. The lowest BCUT2D eigenvalue weighted by Crippen LogP contribution is -2.31. The SMILES string of the molecule is O=C(c1ccc(F)cc1)N1CCC[C@H]1c1cccc(Cc2ccc(F)cc2)n1. The van der Waals surface area contributed by atoms with Crippen molar-refractivity contribution in [3.63, 3.8) is 0 Å². The van der Waals surface area contributed by atoms with Crippen LogP contribution in [0.2, 0.25) is 0 Å². The lowest BCUT2D eigenvalue weighted by Gasteiger charge is -2.25. The Kier molecular flexibility index (Phi) is 5.15. The van der Waals surface area contributed by atoms with Crippen molar-refractivity contribution in [2.75, 3.05) is 6.54 Å². The van der Waals surface area contributed by atoms with Crippen LogP contribution in [0.1, 0.15) is 46.2 Å². The number of halogens is 2. The minimum Gasteiger partial charge on any atom is -0.330 e. The van der Waals surface area contributed by atoms with Gasteiger partial charge >= 0.3 is 0 Å². The number of benzene rings is 2. The van der Waals surface area contributed by atoms with Crippen LogP contribution in [0.4, 0.5) is 8.78 Å². The van der Waals surface area contributed by atoms with E-state index in [0.29, 0.717) is 18.5 Å². The third kappa shape index (κ3) is 3.93. The van der Waals surface area contributed by atoms with E-state index in [9.17, 15) is 13.6 Å². The highest BCUT2D eigenvalue weighted by atomic mass is 19.1. The first kappa shape index (κ1) is 18.3. The molecule has 0 N–H and O–H groups in total. The molecule has 5 heteroatoms. The number of pyridine rings is 1. The number of hydrogen-bond acceptors (Lipinski definition) is 2. The van der Waals surface area contributed by atoms with Crippen molar-refractivity contribution in [1.82, 2.24) is 9.88 Å². The minimum absolute atomic E-state index is 0.0919. The Morgan fingerprint density at radius 3 is 2.36 bits per heavy atom. The molecule has 142 valence electrons. The van der Waals surface area contributed by atoms with Gasteiger partial charge < -0.3 is 4.90 Å². The Hall–Kier alpha value is -3.08. The van der Waals surface area contributed by atoms with Crippen molar-refractivity contribution in [2.24, 2.45) is 0 Å². The molecule has 0 saturated carbocycles. The lowest BCUT2D eigenvalue weighted by molar-refractivity contribution is 0.0732. The van der Waals surface area contributed by atoms with Gasteiger partial charge in [0.05, 0.1) is 11.7 Å². The Morgan fingerprint density at radius 1 is 0.964 bits per heavy atom. The normalized spacial score (nSPS) is 16.4. The Bertz CT molecular complexity index is 971. The van der Waals surface area contributed by atoms with Gasteiger partial charge in [-0.15, -0.1) is 0 Å². The summed E-state index contributed by atoms with van der Waals surface area (Å²) in [6.45, 7) is 0.657. The van der Waals surface area contributed by atoms with Gasteiger partial charge in [-0.1, -0.05) is 18.2 Å². The summed E-state index contributed by atoms with van der Waals surface area (Å²) >= 11 is 0. The molecule has 2 aromatic carbocycles. The molecule has 1 aliphatic heterocycles. The maximum Gasteiger partial charge on any atom is 0.254 e. The molecule has 1 fully saturated rings. The molecule has 0 aliphatic carbocycles. The van der Waals surface area contributed by atoms with E-state index in [1.807, 2.05) is 23.1 Å². The van der Waals surface area contributed by atoms with E-state index in [1.165, 1.54) is 36.4 Å². The van der Waals surface area contributed by atoms with Crippen LogP contribution in [0.15, 0.2) is 66.7 Å². The summed E-state index contributed by atoms with van der Waals surface area (Å²) in [5.41, 5.74) is 3.20. The van der Waals surface area contributed by atoms with E-state index in [-0.39, 0.29) is 23.6 Å². The zero-order chi connectivity index (χ0) is 19.5. The molecular weight excluding hydrogens is 358 g/mol. The standard InChI is InChI=1S/C23H20F2N2O/c24-18-10-6-16(7-11-18)15-20-3-1-4-21(26-20)22-5-2-14-27(22)23(28)17-8-12-19(25)13-9-17/h1,3-4,6-13,22H,2,5,14-15H2/t22-/m0/s1. The topological polar surface area (TPSA) is 33.2 Å². The number of carbonyl (C=O) groups excluding carboxylic acids is 1. The third-order valence-electron chi connectivity index (χ3n) is 5.07. The largest absolute Gasteiger partial charge is 0.330 e. The first-order valence-electron chi connectivity index (χ1n) is 9.37. The summed E-state index contributed by atoms with van der Waals surface area (Å²) < 4.78 is 26.3. The Morgan fingerprint density at radius 2 is 1.64 bits per heavy atom. The summed E-state index contributed by atoms with van der Waals surface area (Å²) in [6.07, 6.45) is 2.36. The Balaban J connectivity index is 1.55. The van der Waals surface area contributed by atoms with E-state index < -0.39 is 0 Å². The third-order valence-corrected chi connectivity index (χ3v) is 5.07. The van der Waals surface area contributed by atoms with Crippen molar-refractivity contribution < 1.29 is 13.6 Å². The summed E-state index contributed by atoms with van der Waals surface area (Å²) in [5, 5.41) is 0. The molecule has 2 heterocycles. The maximum absolute atomic E-state index is 13.2. The summed E-state index contributed by atoms with van der Waals surface area (Å²) in [7, 11) is 0. The molecule has 3 nitrogen and oxygen atoms in total. The Labute approximate surface area is 162 Å². The number of aromatic nitrogens is 1. The van der Waals surface area contributed by atoms with Gasteiger partial charge in [0.15, 0.2) is 0 Å². The van der Waals surface area contributed by atoms with E-state index in [0.717, 1.165) is 29.8 Å². The predicted octanol–water partition coefficient (Wildman–Crippen LogP) is 4.93. The van der Waals surface area contributed by atoms with Crippen molar-refractivity contribution in [3.05, 3.63) is 101 Å². The van der Waals surface area contributed by atoms with Crippen LogP contribution in [0.3, 0.4) is 0 Å². The molecular formula is C23H20F2N2O. The average molecular weight is 378 g/mol. The second kappa shape index (κ2) is 7.89. The van der Waals surface area contributed by atoms with Gasteiger partial charge in [0, 0.05) is 24.2 Å². The summed E-state index contributed by atoms with van der Waals surface area (Å²) in [4.78, 5) is 19.5. The number of hydrogen-bond donors (Lipinski definition) is 0. The molecule has 1 amide bonds. The van der Waals surface area contributed by atoms with Gasteiger partial charge in [-0.05, 0) is 66.9 Å². The van der Waals surface area contributed by atoms with Gasteiger partial charge in [-0.2, -0.15) is 0 Å². The van der Waals surface area contributed by atoms with Crippen molar-refractivity contribution in [3.8, 4) is 0 Å². The minimum atomic E-state index is -0.357. The fourth-order valence-corrected chi connectivity index (χ4v) is 3.67. The number of carbonyl (C=O) groups is 1. The van der Waals surface area contributed by atoms with Crippen LogP contribution in [0, 0.1) is 11.6 Å². The van der Waals surface area contributed by atoms with Gasteiger partial charge in [0.1, 0.15) is 11.6 Å². The van der Waals surface area contributed by atoms with Crippen LogP contribution < -0.4 is 0 Å². The van der Waals surface area contributed by atoms with Crippen molar-refractivity contribution in [2.45, 2.75) is 25.3 Å². The van der Waals surface area contributed by atoms with Crippen molar-refractivity contribution >= 4 is 5.91 Å². The monoisotopic (exact) mass is 378 g/mol. The molecule has 0 unspecified atom stereocenters. The molecule has 1 aliphatic rings. The second-order valence-electron chi connectivity index (χ2n) is 7.02. The zero-order valence-electron chi connectivity index (χ0n) is 15.3. The van der Waals surface area contributed by atoms with E-state index in [1.54, 1.807) is 12.1 Å². The van der Waals surface area contributed by atoms with Crippen LogP contribution in [0.5, 0.6) is 0 Å². The molecule has 1 atom stereocenters. The molecule has 1 saturated heterocycles. The van der Waals surface area contributed by atoms with Gasteiger partial charge in [-0.25, -0.2) is 8.78 Å². The number of nitrogens with zero attached hydrogens (tertiary/aromatic N) is 2. The first-order valence-corrected chi connectivity index (χ1v) is 9.37. The molecule has 4 rings (SSSR count). The second-order valence-corrected chi connectivity index (χ2v) is 7.02. The quantitative estimate of drug-likeness (QED) is 0.645. The molecule has 1 aromatic heterocycles. The van der Waals surface area contributed by atoms with Crippen LogP contribution >= 0.6 is 0 Å². The van der Waals surface area contributed by atoms with Gasteiger partial charge in [0.25, 0.3) is 5.91 Å². The van der Waals surface area contributed by atoms with Gasteiger partial charge in [-0.3, -0.25) is 9.78 Å². The maximum atomic E-state index is 13.2. The highest BCUT2D eigenvalue weighted by Gasteiger charge is 2.31. The molecule has 0 bridgehead atoms. The van der Waals surface area contributed by atoms with Crippen LogP contribution in [-0.2, 0) is 6.42 Å². The van der Waals surface area contributed by atoms with Gasteiger partial charge in [0.2, 0.25) is 0 Å². The highest BCUT2D eigenvalue weighted by molar-refractivity contribution is 5.94. The van der Waals surface area contributed by atoms with E-state index in [2.05, 4.69) is 0 Å². The van der Waals surface area contributed by atoms with Crippen LogP contribution in [-0.4, -0.2) is 22.3 Å².